The molecule has 5 nitrogen and oxygen atoms in total. The summed E-state index contributed by atoms with van der Waals surface area (Å²) in [7, 11) is -4.89. The minimum atomic E-state index is -4.89. The van der Waals surface area contributed by atoms with E-state index >= 15 is 0 Å². The summed E-state index contributed by atoms with van der Waals surface area (Å²) in [6, 6.07) is 0. The van der Waals surface area contributed by atoms with Crippen molar-refractivity contribution in [1.29, 1.82) is 0 Å². The Kier molecular flexibility index (Phi) is 13.8. The molecule has 100 valence electrons. The normalized spacial score (nSPS) is 10.5. The molecule has 0 aliphatic heterocycles. The summed E-state index contributed by atoms with van der Waals surface area (Å²) in [4.78, 5) is 10.8. The minimum absolute atomic E-state index is 0. The standard InChI is InChI=1S/C11H20O5S.Na/c1-2-3-4-5-6-7-8-9-10-11(12)16-17(13,14)15;/h2H,1,3-10H2,(H,13,14,15);/q;+1/p-1. The number of carbonyl (C=O) groups excluding carboxylic acids is 1. The van der Waals surface area contributed by atoms with Crippen LogP contribution in [0.5, 0.6) is 0 Å². The summed E-state index contributed by atoms with van der Waals surface area (Å²) in [6.45, 7) is 3.63. The summed E-state index contributed by atoms with van der Waals surface area (Å²) in [5.41, 5.74) is 0. The Balaban J connectivity index is 0. The fourth-order valence-corrected chi connectivity index (χ4v) is 1.73. The van der Waals surface area contributed by atoms with Crippen LogP contribution >= 0.6 is 0 Å². The van der Waals surface area contributed by atoms with E-state index in [-0.39, 0.29) is 36.0 Å². The fourth-order valence-electron chi connectivity index (χ4n) is 1.42. The van der Waals surface area contributed by atoms with Crippen LogP contribution in [0.15, 0.2) is 12.7 Å². The SMILES string of the molecule is C=CCCCCCCCCC(=O)OS(=O)(=O)[O-].[Na+]. The second kappa shape index (κ2) is 12.2. The van der Waals surface area contributed by atoms with E-state index in [1.54, 1.807) is 0 Å². The van der Waals surface area contributed by atoms with E-state index in [4.69, 9.17) is 0 Å². The molecule has 18 heavy (non-hydrogen) atoms. The third-order valence-electron chi connectivity index (χ3n) is 2.23. The van der Waals surface area contributed by atoms with Gasteiger partial charge in [0.15, 0.2) is 0 Å². The molecule has 7 heteroatoms. The first-order valence-corrected chi connectivity index (χ1v) is 7.08. The largest absolute Gasteiger partial charge is 1.00 e. The van der Waals surface area contributed by atoms with Crippen molar-refractivity contribution in [3.05, 3.63) is 12.7 Å². The first kappa shape index (κ1) is 20.4. The van der Waals surface area contributed by atoms with Gasteiger partial charge < -0.3 is 8.74 Å². The van der Waals surface area contributed by atoms with Crippen LogP contribution in [0.1, 0.15) is 51.4 Å². The smallest absolute Gasteiger partial charge is 0.716 e. The van der Waals surface area contributed by atoms with E-state index in [1.165, 1.54) is 0 Å². The molecule has 0 saturated carbocycles. The molecule has 0 aromatic rings. The van der Waals surface area contributed by atoms with Crippen LogP contribution < -0.4 is 29.6 Å². The molecule has 0 atom stereocenters. The second-order valence-corrected chi connectivity index (χ2v) is 4.80. The first-order chi connectivity index (χ1) is 7.95. The maximum atomic E-state index is 10.8. The predicted octanol–water partition coefficient (Wildman–Crippen LogP) is -0.699. The van der Waals surface area contributed by atoms with Crippen LogP contribution in [0.4, 0.5) is 0 Å². The summed E-state index contributed by atoms with van der Waals surface area (Å²) in [5, 5.41) is 0. The van der Waals surface area contributed by atoms with Gasteiger partial charge in [0.1, 0.15) is 0 Å². The maximum absolute atomic E-state index is 10.8. The number of rotatable bonds is 10. The average Bonchev–Trinajstić information content (AvgIpc) is 2.19. The van der Waals surface area contributed by atoms with Crippen LogP contribution in [0.3, 0.4) is 0 Å². The topological polar surface area (TPSA) is 83.5 Å². The van der Waals surface area contributed by atoms with Gasteiger partial charge in [0.2, 0.25) is 0 Å². The summed E-state index contributed by atoms with van der Waals surface area (Å²) >= 11 is 0. The van der Waals surface area contributed by atoms with Crippen LogP contribution in [-0.2, 0) is 19.4 Å². The number of carbonyl (C=O) groups is 1. The average molecular weight is 286 g/mol. The van der Waals surface area contributed by atoms with Crippen LogP contribution in [0.2, 0.25) is 0 Å². The Morgan fingerprint density at radius 1 is 1.11 bits per heavy atom. The number of allylic oxidation sites excluding steroid dienone is 1. The molecule has 0 rings (SSSR count). The Labute approximate surface area is 131 Å². The summed E-state index contributed by atoms with van der Waals surface area (Å²) in [6.07, 6.45) is 8.61. The molecular weight excluding hydrogens is 267 g/mol. The van der Waals surface area contributed by atoms with E-state index in [2.05, 4.69) is 10.8 Å². The quantitative estimate of drug-likeness (QED) is 0.174. The Bertz CT molecular complexity index is 326. The van der Waals surface area contributed by atoms with Crippen LogP contribution in [0, 0.1) is 0 Å². The molecule has 0 bridgehead atoms. The van der Waals surface area contributed by atoms with Gasteiger partial charge >= 0.3 is 35.5 Å². The van der Waals surface area contributed by atoms with Gasteiger partial charge in [0.05, 0.1) is 0 Å². The van der Waals surface area contributed by atoms with Gasteiger partial charge in [0, 0.05) is 6.42 Å². The molecule has 0 spiro atoms. The van der Waals surface area contributed by atoms with Gasteiger partial charge in [-0.2, -0.15) is 0 Å². The summed E-state index contributed by atoms with van der Waals surface area (Å²) in [5.74, 6) is -0.966. The first-order valence-electron chi connectivity index (χ1n) is 5.74. The summed E-state index contributed by atoms with van der Waals surface area (Å²) < 4.78 is 33.9. The number of hydrogen-bond acceptors (Lipinski definition) is 5. The fraction of sp³-hybridized carbons (Fsp3) is 0.727. The molecule has 0 aromatic carbocycles. The number of unbranched alkanes of at least 4 members (excludes halogenated alkanes) is 6. The molecule has 0 fully saturated rings. The van der Waals surface area contributed by atoms with Crippen molar-refractivity contribution in [2.24, 2.45) is 0 Å². The van der Waals surface area contributed by atoms with E-state index in [9.17, 15) is 17.8 Å². The van der Waals surface area contributed by atoms with Crippen molar-refractivity contribution >= 4 is 16.4 Å². The molecule has 0 amide bonds. The minimum Gasteiger partial charge on any atom is -0.716 e. The van der Waals surface area contributed by atoms with Crippen LogP contribution in [-0.4, -0.2) is 18.9 Å². The van der Waals surface area contributed by atoms with E-state index in [0.717, 1.165) is 38.5 Å². The molecule has 0 aliphatic carbocycles. The molecule has 0 heterocycles. The molecule has 0 radical (unpaired) electrons. The van der Waals surface area contributed by atoms with E-state index < -0.39 is 16.4 Å². The Morgan fingerprint density at radius 2 is 1.61 bits per heavy atom. The van der Waals surface area contributed by atoms with Gasteiger partial charge in [-0.05, 0) is 19.3 Å². The molecule has 0 unspecified atom stereocenters. The zero-order valence-electron chi connectivity index (χ0n) is 10.9. The van der Waals surface area contributed by atoms with E-state index in [1.807, 2.05) is 6.08 Å². The van der Waals surface area contributed by atoms with Crippen molar-refractivity contribution < 1.29 is 51.5 Å². The van der Waals surface area contributed by atoms with Crippen molar-refractivity contribution in [2.45, 2.75) is 51.4 Å². The van der Waals surface area contributed by atoms with Crippen molar-refractivity contribution in [2.75, 3.05) is 0 Å². The van der Waals surface area contributed by atoms with Gasteiger partial charge in [-0.25, -0.2) is 8.42 Å². The van der Waals surface area contributed by atoms with E-state index in [0.29, 0.717) is 6.42 Å². The third-order valence-corrected chi connectivity index (χ3v) is 2.62. The third kappa shape index (κ3) is 16.1. The van der Waals surface area contributed by atoms with Gasteiger partial charge in [-0.1, -0.05) is 31.8 Å². The molecule has 0 N–H and O–H groups in total. The molecule has 0 aliphatic rings. The maximum Gasteiger partial charge on any atom is 1.00 e. The number of hydrogen-bond donors (Lipinski definition) is 0. The predicted molar refractivity (Wildman–Crippen MR) is 62.9 cm³/mol. The molecule has 0 aromatic heterocycles. The molecule has 0 saturated heterocycles. The van der Waals surface area contributed by atoms with Gasteiger partial charge in [0.25, 0.3) is 10.4 Å². The van der Waals surface area contributed by atoms with Crippen LogP contribution in [0.25, 0.3) is 0 Å². The zero-order valence-corrected chi connectivity index (χ0v) is 13.7. The molecular formula is C11H19NaO5S. The van der Waals surface area contributed by atoms with Crippen molar-refractivity contribution in [1.82, 2.24) is 0 Å². The Hall–Kier alpha value is 0.120. The monoisotopic (exact) mass is 286 g/mol. The Morgan fingerprint density at radius 3 is 2.11 bits per heavy atom. The zero-order chi connectivity index (χ0) is 13.1. The van der Waals surface area contributed by atoms with Gasteiger partial charge in [-0.15, -0.1) is 6.58 Å². The van der Waals surface area contributed by atoms with Crippen molar-refractivity contribution in [3.63, 3.8) is 0 Å². The van der Waals surface area contributed by atoms with Gasteiger partial charge in [-0.3, -0.25) is 4.79 Å². The van der Waals surface area contributed by atoms with Crippen molar-refractivity contribution in [3.8, 4) is 0 Å². The second-order valence-electron chi connectivity index (χ2n) is 3.81.